The number of benzene rings is 2. The van der Waals surface area contributed by atoms with Gasteiger partial charge in [-0.1, -0.05) is 30.3 Å². The van der Waals surface area contributed by atoms with Gasteiger partial charge in [0.1, 0.15) is 5.75 Å². The molecule has 0 saturated carbocycles. The summed E-state index contributed by atoms with van der Waals surface area (Å²) in [5.74, 6) is 7.45. The lowest BCUT2D eigenvalue weighted by molar-refractivity contribution is 0.333. The molecule has 2 rings (SSSR count). The van der Waals surface area contributed by atoms with E-state index in [0.717, 1.165) is 21.5 Å². The van der Waals surface area contributed by atoms with E-state index in [1.165, 1.54) is 4.90 Å². The molecular weight excluding hydrogens is 348 g/mol. The molecule has 0 amide bonds. The second-order valence-electron chi connectivity index (χ2n) is 4.43. The van der Waals surface area contributed by atoms with Crippen molar-refractivity contribution in [3.63, 3.8) is 0 Å². The van der Waals surface area contributed by atoms with Crippen LogP contribution in [-0.2, 0) is 0 Å². The first-order chi connectivity index (χ1) is 10.3. The van der Waals surface area contributed by atoms with E-state index in [-0.39, 0.29) is 6.04 Å². The summed E-state index contributed by atoms with van der Waals surface area (Å²) in [5.41, 5.74) is 3.98. The highest BCUT2D eigenvalue weighted by molar-refractivity contribution is 9.10. The van der Waals surface area contributed by atoms with Crippen LogP contribution in [0.1, 0.15) is 18.5 Å². The fourth-order valence-corrected chi connectivity index (χ4v) is 3.65. The first-order valence-corrected chi connectivity index (χ1v) is 8.59. The summed E-state index contributed by atoms with van der Waals surface area (Å²) in [7, 11) is 0. The van der Waals surface area contributed by atoms with E-state index in [9.17, 15) is 0 Å². The molecule has 3 nitrogen and oxygen atoms in total. The van der Waals surface area contributed by atoms with Gasteiger partial charge in [0.15, 0.2) is 0 Å². The number of rotatable bonds is 7. The lowest BCUT2D eigenvalue weighted by Gasteiger charge is -2.19. The van der Waals surface area contributed by atoms with Crippen LogP contribution in [0.15, 0.2) is 57.9 Å². The minimum atomic E-state index is 0.0323. The predicted molar refractivity (Wildman–Crippen MR) is 92.5 cm³/mol. The molecule has 2 aromatic rings. The van der Waals surface area contributed by atoms with Crippen LogP contribution in [0.5, 0.6) is 5.75 Å². The number of nitrogens with one attached hydrogen (secondary N) is 1. The second kappa shape index (κ2) is 8.44. The molecule has 0 aliphatic rings. The topological polar surface area (TPSA) is 47.3 Å². The van der Waals surface area contributed by atoms with Crippen LogP contribution in [0.2, 0.25) is 0 Å². The van der Waals surface area contributed by atoms with Crippen molar-refractivity contribution in [3.05, 3.63) is 58.6 Å². The fraction of sp³-hybridized carbons (Fsp3) is 0.250. The van der Waals surface area contributed by atoms with Crippen LogP contribution in [0, 0.1) is 0 Å². The number of hydrazine groups is 1. The lowest BCUT2D eigenvalue weighted by atomic mass is 10.1. The van der Waals surface area contributed by atoms with Crippen molar-refractivity contribution in [2.45, 2.75) is 17.9 Å². The van der Waals surface area contributed by atoms with Crippen LogP contribution in [0.4, 0.5) is 0 Å². The van der Waals surface area contributed by atoms with Crippen molar-refractivity contribution in [2.24, 2.45) is 5.84 Å². The van der Waals surface area contributed by atoms with Gasteiger partial charge in [-0.15, -0.1) is 11.8 Å². The highest BCUT2D eigenvalue weighted by Gasteiger charge is 2.15. The van der Waals surface area contributed by atoms with Crippen molar-refractivity contribution >= 4 is 27.7 Å². The molecule has 0 aliphatic heterocycles. The van der Waals surface area contributed by atoms with Crippen LogP contribution in [0.3, 0.4) is 0 Å². The van der Waals surface area contributed by atoms with E-state index in [2.05, 4.69) is 33.5 Å². The van der Waals surface area contributed by atoms with E-state index in [1.807, 2.05) is 43.3 Å². The van der Waals surface area contributed by atoms with Crippen molar-refractivity contribution in [1.29, 1.82) is 0 Å². The maximum absolute atomic E-state index is 5.74. The molecule has 5 heteroatoms. The number of nitrogens with two attached hydrogens (primary N) is 1. The van der Waals surface area contributed by atoms with Gasteiger partial charge < -0.3 is 4.74 Å². The van der Waals surface area contributed by atoms with Crippen LogP contribution in [0.25, 0.3) is 0 Å². The normalized spacial score (nSPS) is 12.1. The number of hydrogen-bond donors (Lipinski definition) is 2. The monoisotopic (exact) mass is 366 g/mol. The summed E-state index contributed by atoms with van der Waals surface area (Å²) in [6, 6.07) is 16.2. The molecule has 3 N–H and O–H groups in total. The molecule has 1 unspecified atom stereocenters. The minimum Gasteiger partial charge on any atom is -0.494 e. The van der Waals surface area contributed by atoms with Gasteiger partial charge in [-0.05, 0) is 41.1 Å². The van der Waals surface area contributed by atoms with Crippen molar-refractivity contribution in [3.8, 4) is 5.75 Å². The van der Waals surface area contributed by atoms with Gasteiger partial charge in [-0.3, -0.25) is 11.3 Å². The Balaban J connectivity index is 2.12. The van der Waals surface area contributed by atoms with Crippen LogP contribution >= 0.6 is 27.7 Å². The van der Waals surface area contributed by atoms with Gasteiger partial charge in [-0.25, -0.2) is 0 Å². The van der Waals surface area contributed by atoms with Crippen molar-refractivity contribution in [1.82, 2.24) is 5.43 Å². The molecule has 0 fully saturated rings. The number of ether oxygens (including phenoxy) is 1. The average Bonchev–Trinajstić information content (AvgIpc) is 2.51. The van der Waals surface area contributed by atoms with Gasteiger partial charge in [0.25, 0.3) is 0 Å². The third-order valence-corrected chi connectivity index (χ3v) is 5.16. The van der Waals surface area contributed by atoms with E-state index in [1.54, 1.807) is 11.8 Å². The first-order valence-electron chi connectivity index (χ1n) is 6.81. The van der Waals surface area contributed by atoms with Gasteiger partial charge in [0.2, 0.25) is 0 Å². The highest BCUT2D eigenvalue weighted by Crippen LogP contribution is 2.32. The number of hydrogen-bond acceptors (Lipinski definition) is 4. The maximum atomic E-state index is 5.74. The molecule has 0 aliphatic carbocycles. The van der Waals surface area contributed by atoms with E-state index in [4.69, 9.17) is 10.6 Å². The molecule has 1 atom stereocenters. The molecule has 0 saturated heterocycles. The highest BCUT2D eigenvalue weighted by atomic mass is 79.9. The third kappa shape index (κ3) is 4.48. The smallest absolute Gasteiger partial charge is 0.124 e. The number of halogens is 1. The Bertz CT molecular complexity index is 580. The number of thioether (sulfide) groups is 1. The summed E-state index contributed by atoms with van der Waals surface area (Å²) in [4.78, 5) is 1.20. The number of para-hydroxylation sites is 1. The molecular formula is C16H19BrN2OS. The fourth-order valence-electron chi connectivity index (χ4n) is 2.02. The predicted octanol–water partition coefficient (Wildman–Crippen LogP) is 4.14. The second-order valence-corrected chi connectivity index (χ2v) is 6.35. The standard InChI is InChI=1S/C16H19BrN2OS/c1-2-20-15-9-5-3-7-12(15)14(19-18)11-21-16-10-6-4-8-13(16)17/h3-10,14,19H,2,11,18H2,1H3. The minimum absolute atomic E-state index is 0.0323. The van der Waals surface area contributed by atoms with Gasteiger partial charge >= 0.3 is 0 Å². The quantitative estimate of drug-likeness (QED) is 0.439. The largest absolute Gasteiger partial charge is 0.494 e. The van der Waals surface area contributed by atoms with Gasteiger partial charge in [0.05, 0.1) is 12.6 Å². The van der Waals surface area contributed by atoms with Crippen LogP contribution < -0.4 is 16.0 Å². The average molecular weight is 367 g/mol. The van der Waals surface area contributed by atoms with Crippen molar-refractivity contribution < 1.29 is 4.74 Å². The molecule has 0 bridgehead atoms. The third-order valence-electron chi connectivity index (χ3n) is 3.04. The van der Waals surface area contributed by atoms with E-state index in [0.29, 0.717) is 6.61 Å². The summed E-state index contributed by atoms with van der Waals surface area (Å²) < 4.78 is 6.78. The van der Waals surface area contributed by atoms with E-state index >= 15 is 0 Å². The Kier molecular flexibility index (Phi) is 6.57. The summed E-state index contributed by atoms with van der Waals surface area (Å²) in [5, 5.41) is 0. The Labute approximate surface area is 138 Å². The van der Waals surface area contributed by atoms with E-state index < -0.39 is 0 Å². The lowest BCUT2D eigenvalue weighted by Crippen LogP contribution is -2.30. The van der Waals surface area contributed by atoms with Crippen molar-refractivity contribution in [2.75, 3.05) is 12.4 Å². The molecule has 2 aromatic carbocycles. The van der Waals surface area contributed by atoms with Crippen LogP contribution in [-0.4, -0.2) is 12.4 Å². The summed E-state index contributed by atoms with van der Waals surface area (Å²) in [6.45, 7) is 2.63. The zero-order chi connectivity index (χ0) is 15.1. The molecule has 0 spiro atoms. The van der Waals surface area contributed by atoms with Gasteiger partial charge in [-0.2, -0.15) is 0 Å². The Morgan fingerprint density at radius 2 is 1.90 bits per heavy atom. The molecule has 112 valence electrons. The SMILES string of the molecule is CCOc1ccccc1C(CSc1ccccc1Br)NN. The summed E-state index contributed by atoms with van der Waals surface area (Å²) in [6.07, 6.45) is 0. The Hall–Kier alpha value is -1.01. The Morgan fingerprint density at radius 3 is 2.62 bits per heavy atom. The summed E-state index contributed by atoms with van der Waals surface area (Å²) >= 11 is 5.32. The zero-order valence-corrected chi connectivity index (χ0v) is 14.3. The molecule has 21 heavy (non-hydrogen) atoms. The molecule has 0 radical (unpaired) electrons. The molecule has 0 heterocycles. The molecule has 0 aromatic heterocycles. The van der Waals surface area contributed by atoms with Gasteiger partial charge in [0, 0.05) is 20.7 Å². The first kappa shape index (κ1) is 16.4. The maximum Gasteiger partial charge on any atom is 0.124 e. The zero-order valence-electron chi connectivity index (χ0n) is 11.9. The Morgan fingerprint density at radius 1 is 1.19 bits per heavy atom.